The molecule has 0 unspecified atom stereocenters. The molecule has 0 spiro atoms. The lowest BCUT2D eigenvalue weighted by molar-refractivity contribution is 0.0661. The molecule has 0 fully saturated rings. The zero-order valence-electron chi connectivity index (χ0n) is 10.8. The van der Waals surface area contributed by atoms with Gasteiger partial charge in [0.2, 0.25) is 15.8 Å². The van der Waals surface area contributed by atoms with Gasteiger partial charge in [0.1, 0.15) is 4.90 Å². The van der Waals surface area contributed by atoms with E-state index < -0.39 is 21.8 Å². The number of carboxylic acids is 1. The number of hydrogen-bond acceptors (Lipinski definition) is 5. The van der Waals surface area contributed by atoms with Crippen LogP contribution in [0.15, 0.2) is 20.0 Å². The van der Waals surface area contributed by atoms with Gasteiger partial charge < -0.3 is 14.4 Å². The third-order valence-electron chi connectivity index (χ3n) is 2.42. The van der Waals surface area contributed by atoms with Crippen LogP contribution >= 0.6 is 15.9 Å². The van der Waals surface area contributed by atoms with E-state index in [1.54, 1.807) is 0 Å². The molecule has 0 aliphatic heterocycles. The van der Waals surface area contributed by atoms with E-state index in [1.165, 1.54) is 7.05 Å². The number of hydrogen-bond donors (Lipinski definition) is 1. The summed E-state index contributed by atoms with van der Waals surface area (Å²) in [6, 6.07) is 0.994. The lowest BCUT2D eigenvalue weighted by Crippen LogP contribution is -2.33. The summed E-state index contributed by atoms with van der Waals surface area (Å²) in [6.07, 6.45) is 0. The Hall–Kier alpha value is -0.900. The molecule has 1 aromatic heterocycles. The van der Waals surface area contributed by atoms with E-state index in [2.05, 4.69) is 15.9 Å². The van der Waals surface area contributed by atoms with Gasteiger partial charge in [0.05, 0.1) is 0 Å². The minimum absolute atomic E-state index is 0.110. The molecule has 0 atom stereocenters. The van der Waals surface area contributed by atoms with Crippen LogP contribution in [0.25, 0.3) is 0 Å². The fourth-order valence-electron chi connectivity index (χ4n) is 1.26. The van der Waals surface area contributed by atoms with Gasteiger partial charge in [0, 0.05) is 26.2 Å². The molecule has 19 heavy (non-hydrogen) atoms. The number of furan rings is 1. The Morgan fingerprint density at radius 2 is 1.95 bits per heavy atom. The summed E-state index contributed by atoms with van der Waals surface area (Å²) in [6.45, 7) is 0.840. The van der Waals surface area contributed by atoms with E-state index in [1.807, 2.05) is 19.0 Å². The van der Waals surface area contributed by atoms with Crippen molar-refractivity contribution in [3.05, 3.63) is 16.5 Å². The van der Waals surface area contributed by atoms with Crippen LogP contribution in [0.2, 0.25) is 0 Å². The quantitative estimate of drug-likeness (QED) is 0.816. The predicted molar refractivity (Wildman–Crippen MR) is 71.7 cm³/mol. The van der Waals surface area contributed by atoms with Crippen molar-refractivity contribution in [1.29, 1.82) is 0 Å². The molecule has 0 amide bonds. The number of carbonyl (C=O) groups is 1. The summed E-state index contributed by atoms with van der Waals surface area (Å²) in [5, 5.41) is 8.77. The molecule has 1 aromatic rings. The summed E-state index contributed by atoms with van der Waals surface area (Å²) >= 11 is 2.92. The molecule has 1 rings (SSSR count). The Balaban J connectivity index is 3.03. The number of sulfonamides is 1. The van der Waals surface area contributed by atoms with Crippen LogP contribution in [-0.2, 0) is 10.0 Å². The molecule has 0 bridgehead atoms. The monoisotopic (exact) mass is 354 g/mol. The van der Waals surface area contributed by atoms with Crippen molar-refractivity contribution in [2.45, 2.75) is 4.90 Å². The molecule has 0 aliphatic carbocycles. The highest BCUT2D eigenvalue weighted by Crippen LogP contribution is 2.28. The molecule has 1 heterocycles. The second-order valence-electron chi connectivity index (χ2n) is 4.18. The lowest BCUT2D eigenvalue weighted by atomic mass is 10.5. The molecular weight excluding hydrogens is 340 g/mol. The first-order valence-corrected chi connectivity index (χ1v) is 7.53. The molecule has 0 saturated heterocycles. The fourth-order valence-corrected chi connectivity index (χ4v) is 3.32. The van der Waals surface area contributed by atoms with E-state index in [9.17, 15) is 13.2 Å². The third-order valence-corrected chi connectivity index (χ3v) is 5.13. The Kier molecular flexibility index (Phi) is 5.13. The molecule has 108 valence electrons. The Labute approximate surface area is 120 Å². The van der Waals surface area contributed by atoms with Gasteiger partial charge in [-0.3, -0.25) is 0 Å². The summed E-state index contributed by atoms with van der Waals surface area (Å²) in [7, 11) is 1.31. The van der Waals surface area contributed by atoms with Crippen molar-refractivity contribution >= 4 is 31.9 Å². The summed E-state index contributed by atoms with van der Waals surface area (Å²) < 4.78 is 30.3. The first kappa shape index (κ1) is 16.2. The van der Waals surface area contributed by atoms with Gasteiger partial charge in [-0.05, 0) is 30.0 Å². The normalized spacial score (nSPS) is 12.3. The van der Waals surface area contributed by atoms with Gasteiger partial charge in [-0.1, -0.05) is 0 Å². The molecule has 1 N–H and O–H groups in total. The second kappa shape index (κ2) is 6.04. The largest absolute Gasteiger partial charge is 0.475 e. The highest BCUT2D eigenvalue weighted by Gasteiger charge is 2.28. The van der Waals surface area contributed by atoms with Crippen molar-refractivity contribution in [3.8, 4) is 0 Å². The molecule has 0 aromatic carbocycles. The maximum absolute atomic E-state index is 12.2. The highest BCUT2D eigenvalue weighted by molar-refractivity contribution is 9.10. The van der Waals surface area contributed by atoms with E-state index in [-0.39, 0.29) is 16.1 Å². The average Bonchev–Trinajstić information content (AvgIpc) is 2.68. The van der Waals surface area contributed by atoms with Gasteiger partial charge in [-0.2, -0.15) is 4.31 Å². The van der Waals surface area contributed by atoms with Crippen molar-refractivity contribution in [1.82, 2.24) is 9.21 Å². The van der Waals surface area contributed by atoms with Crippen molar-refractivity contribution in [3.63, 3.8) is 0 Å². The zero-order chi connectivity index (χ0) is 14.8. The fraction of sp³-hybridized carbons (Fsp3) is 0.500. The van der Waals surface area contributed by atoms with Crippen LogP contribution in [-0.4, -0.2) is 62.9 Å². The van der Waals surface area contributed by atoms with Gasteiger partial charge in [-0.25, -0.2) is 13.2 Å². The minimum atomic E-state index is -3.78. The Morgan fingerprint density at radius 1 is 1.37 bits per heavy atom. The summed E-state index contributed by atoms with van der Waals surface area (Å²) in [5.74, 6) is -1.75. The number of aromatic carboxylic acids is 1. The van der Waals surface area contributed by atoms with E-state index in [4.69, 9.17) is 9.52 Å². The topological polar surface area (TPSA) is 91.1 Å². The number of nitrogens with zero attached hydrogens (tertiary/aromatic N) is 2. The minimum Gasteiger partial charge on any atom is -0.475 e. The molecule has 0 saturated carbocycles. The SMILES string of the molecule is CN(C)CCN(C)S(=O)(=O)c1cc(C(=O)O)oc1Br. The van der Waals surface area contributed by atoms with Crippen LogP contribution in [0.3, 0.4) is 0 Å². The smallest absolute Gasteiger partial charge is 0.371 e. The maximum atomic E-state index is 12.2. The predicted octanol–water partition coefficient (Wildman–Crippen LogP) is 0.922. The third kappa shape index (κ3) is 3.78. The number of halogens is 1. The van der Waals surface area contributed by atoms with E-state index >= 15 is 0 Å². The standard InChI is InChI=1S/C10H15BrN2O5S/c1-12(2)4-5-13(3)19(16,17)8-6-7(10(14)15)18-9(8)11/h6H,4-5H2,1-3H3,(H,14,15). The maximum Gasteiger partial charge on any atom is 0.371 e. The highest BCUT2D eigenvalue weighted by atomic mass is 79.9. The van der Waals surface area contributed by atoms with Gasteiger partial charge in [-0.15, -0.1) is 0 Å². The first-order valence-electron chi connectivity index (χ1n) is 5.30. The molecular formula is C10H15BrN2O5S. The number of carboxylic acid groups (broad SMARTS) is 1. The van der Waals surface area contributed by atoms with Gasteiger partial charge in [0.15, 0.2) is 4.67 Å². The van der Waals surface area contributed by atoms with Gasteiger partial charge in [0.25, 0.3) is 0 Å². The lowest BCUT2D eigenvalue weighted by Gasteiger charge is -2.18. The summed E-state index contributed by atoms with van der Waals surface area (Å²) in [4.78, 5) is 12.4. The Morgan fingerprint density at radius 3 is 2.37 bits per heavy atom. The first-order chi connectivity index (χ1) is 8.66. The second-order valence-corrected chi connectivity index (χ2v) is 6.92. The van der Waals surface area contributed by atoms with Crippen LogP contribution in [0, 0.1) is 0 Å². The van der Waals surface area contributed by atoms with Crippen LogP contribution in [0.5, 0.6) is 0 Å². The average molecular weight is 355 g/mol. The van der Waals surface area contributed by atoms with Crippen LogP contribution < -0.4 is 0 Å². The van der Waals surface area contributed by atoms with E-state index in [0.29, 0.717) is 6.54 Å². The number of likely N-dealkylation sites (N-methyl/N-ethyl adjacent to an activating group) is 2. The van der Waals surface area contributed by atoms with Gasteiger partial charge >= 0.3 is 5.97 Å². The van der Waals surface area contributed by atoms with E-state index in [0.717, 1.165) is 10.4 Å². The molecule has 0 aliphatic rings. The number of rotatable bonds is 6. The Bertz CT molecular complexity index is 566. The molecule has 0 radical (unpaired) electrons. The molecule has 9 heteroatoms. The molecule has 7 nitrogen and oxygen atoms in total. The van der Waals surface area contributed by atoms with Crippen molar-refractivity contribution in [2.75, 3.05) is 34.2 Å². The zero-order valence-corrected chi connectivity index (χ0v) is 13.2. The van der Waals surface area contributed by atoms with Crippen LogP contribution in [0.1, 0.15) is 10.6 Å². The van der Waals surface area contributed by atoms with Crippen molar-refractivity contribution in [2.24, 2.45) is 0 Å². The summed E-state index contributed by atoms with van der Waals surface area (Å²) in [5.41, 5.74) is 0. The van der Waals surface area contributed by atoms with Crippen LogP contribution in [0.4, 0.5) is 0 Å². The van der Waals surface area contributed by atoms with Crippen molar-refractivity contribution < 1.29 is 22.7 Å².